The largest absolute Gasteiger partial charge is 0.490 e. The van der Waals surface area contributed by atoms with Crippen molar-refractivity contribution >= 4 is 29.0 Å². The molecule has 0 N–H and O–H groups in total. The van der Waals surface area contributed by atoms with Crippen LogP contribution in [0.4, 0.5) is 11.4 Å². The Morgan fingerprint density at radius 1 is 0.800 bits per heavy atom. The number of nitro benzene ring substituents is 2. The lowest BCUT2D eigenvalue weighted by Crippen LogP contribution is -2.16. The molecule has 0 spiro atoms. The maximum atomic E-state index is 12.8. The van der Waals surface area contributed by atoms with Gasteiger partial charge in [0.2, 0.25) is 0 Å². The Balaban J connectivity index is 1.55. The number of esters is 1. The SMILES string of the molecule is COc1ccc(C(=O)O/N=C2\CCCc3cc(OC(=O)c4ccc(OC)c([N+](=O)[O-])c4)c(C)cc32)cc1[N+](=O)[O-]. The quantitative estimate of drug-likeness (QED) is 0.123. The van der Waals surface area contributed by atoms with Crippen LogP contribution in [0.3, 0.4) is 0 Å². The number of aryl methyl sites for hydroxylation is 2. The van der Waals surface area contributed by atoms with Gasteiger partial charge in [0.25, 0.3) is 0 Å². The summed E-state index contributed by atoms with van der Waals surface area (Å²) in [5.74, 6) is -1.36. The van der Waals surface area contributed by atoms with Gasteiger partial charge in [-0.25, -0.2) is 9.59 Å². The average molecular weight is 549 g/mol. The Bertz CT molecular complexity index is 1560. The number of carbonyl (C=O) groups is 2. The molecule has 4 rings (SSSR count). The second-order valence-corrected chi connectivity index (χ2v) is 8.72. The van der Waals surface area contributed by atoms with Gasteiger partial charge >= 0.3 is 23.3 Å². The number of ether oxygens (including phenoxy) is 3. The molecule has 0 saturated carbocycles. The van der Waals surface area contributed by atoms with Crippen molar-refractivity contribution in [3.8, 4) is 17.2 Å². The molecule has 0 atom stereocenters. The fourth-order valence-electron chi connectivity index (χ4n) is 4.22. The Morgan fingerprint density at radius 3 is 1.93 bits per heavy atom. The third-order valence-corrected chi connectivity index (χ3v) is 6.24. The van der Waals surface area contributed by atoms with Crippen LogP contribution in [-0.2, 0) is 11.3 Å². The molecule has 0 aromatic heterocycles. The van der Waals surface area contributed by atoms with Gasteiger partial charge in [-0.1, -0.05) is 5.16 Å². The first-order valence-electron chi connectivity index (χ1n) is 11.9. The van der Waals surface area contributed by atoms with Crippen molar-refractivity contribution in [1.82, 2.24) is 0 Å². The first-order valence-corrected chi connectivity index (χ1v) is 11.9. The maximum absolute atomic E-state index is 12.8. The normalized spacial score (nSPS) is 13.2. The van der Waals surface area contributed by atoms with Gasteiger partial charge in [-0.05, 0) is 73.7 Å². The van der Waals surface area contributed by atoms with Crippen LogP contribution in [0.25, 0.3) is 0 Å². The minimum absolute atomic E-state index is 0.00580. The van der Waals surface area contributed by atoms with E-state index in [9.17, 15) is 29.8 Å². The van der Waals surface area contributed by atoms with Gasteiger partial charge < -0.3 is 19.0 Å². The smallest absolute Gasteiger partial charge is 0.365 e. The van der Waals surface area contributed by atoms with Crippen molar-refractivity contribution in [2.24, 2.45) is 5.16 Å². The number of nitro groups is 2. The van der Waals surface area contributed by atoms with E-state index < -0.39 is 21.8 Å². The summed E-state index contributed by atoms with van der Waals surface area (Å²) in [6.45, 7) is 1.72. The fourth-order valence-corrected chi connectivity index (χ4v) is 4.22. The molecule has 40 heavy (non-hydrogen) atoms. The van der Waals surface area contributed by atoms with E-state index >= 15 is 0 Å². The molecule has 1 aliphatic rings. The molecular weight excluding hydrogens is 526 g/mol. The number of oxime groups is 1. The first kappa shape index (κ1) is 27.7. The van der Waals surface area contributed by atoms with Crippen molar-refractivity contribution in [3.05, 3.63) is 96.6 Å². The molecule has 0 radical (unpaired) electrons. The summed E-state index contributed by atoms with van der Waals surface area (Å²) in [4.78, 5) is 51.7. The summed E-state index contributed by atoms with van der Waals surface area (Å²) in [6, 6.07) is 10.9. The van der Waals surface area contributed by atoms with Crippen molar-refractivity contribution in [2.45, 2.75) is 26.2 Å². The van der Waals surface area contributed by atoms with Crippen molar-refractivity contribution in [3.63, 3.8) is 0 Å². The van der Waals surface area contributed by atoms with Crippen molar-refractivity contribution in [1.29, 1.82) is 0 Å². The van der Waals surface area contributed by atoms with Crippen LogP contribution >= 0.6 is 0 Å². The third kappa shape index (κ3) is 5.72. The Kier molecular flexibility index (Phi) is 8.03. The third-order valence-electron chi connectivity index (χ3n) is 6.24. The van der Waals surface area contributed by atoms with Crippen LogP contribution in [0.2, 0.25) is 0 Å². The summed E-state index contributed by atoms with van der Waals surface area (Å²) < 4.78 is 15.5. The minimum atomic E-state index is -0.874. The van der Waals surface area contributed by atoms with E-state index in [0.717, 1.165) is 17.7 Å². The second-order valence-electron chi connectivity index (χ2n) is 8.72. The zero-order valence-electron chi connectivity index (χ0n) is 21.7. The standard InChI is InChI=1S/C27H23N3O10/c1-15-11-19-16(14-25(15)39-26(31)17-7-9-23(37-2)21(12-17)29(33)34)5-4-6-20(19)28-40-27(32)18-8-10-24(38-3)22(13-18)30(35)36/h7-14H,4-6H2,1-3H3/b28-20+. The van der Waals surface area contributed by atoms with E-state index in [0.29, 0.717) is 36.1 Å². The summed E-state index contributed by atoms with van der Waals surface area (Å²) in [5.41, 5.74) is 1.76. The maximum Gasteiger partial charge on any atom is 0.365 e. The lowest BCUT2D eigenvalue weighted by atomic mass is 9.88. The summed E-state index contributed by atoms with van der Waals surface area (Å²) in [5, 5.41) is 26.6. The Hall–Kier alpha value is -5.33. The monoisotopic (exact) mass is 549 g/mol. The summed E-state index contributed by atoms with van der Waals surface area (Å²) in [6.07, 6.45) is 1.83. The topological polar surface area (TPSA) is 170 Å². The van der Waals surface area contributed by atoms with Crippen LogP contribution in [0, 0.1) is 27.2 Å². The molecule has 13 heteroatoms. The number of nitrogens with zero attached hydrogens (tertiary/aromatic N) is 3. The van der Waals surface area contributed by atoms with Gasteiger partial charge in [0.1, 0.15) is 5.75 Å². The average Bonchev–Trinajstić information content (AvgIpc) is 2.95. The van der Waals surface area contributed by atoms with E-state index in [1.54, 1.807) is 19.1 Å². The van der Waals surface area contributed by atoms with Crippen molar-refractivity contribution in [2.75, 3.05) is 14.2 Å². The molecule has 0 amide bonds. The van der Waals surface area contributed by atoms with E-state index in [1.165, 1.54) is 38.5 Å². The molecule has 206 valence electrons. The Labute approximate surface area is 227 Å². The number of carbonyl (C=O) groups excluding carboxylic acids is 2. The minimum Gasteiger partial charge on any atom is -0.490 e. The van der Waals surface area contributed by atoms with Gasteiger partial charge in [0.15, 0.2) is 11.5 Å². The van der Waals surface area contributed by atoms with Gasteiger partial charge in [0, 0.05) is 17.7 Å². The van der Waals surface area contributed by atoms with E-state index in [1.807, 2.05) is 0 Å². The van der Waals surface area contributed by atoms with Crippen LogP contribution in [-0.4, -0.2) is 41.7 Å². The predicted molar refractivity (Wildman–Crippen MR) is 140 cm³/mol. The molecule has 0 aliphatic heterocycles. The number of fused-ring (bicyclic) bond motifs is 1. The summed E-state index contributed by atoms with van der Waals surface area (Å²) in [7, 11) is 2.58. The number of hydrogen-bond acceptors (Lipinski definition) is 11. The molecule has 0 bridgehead atoms. The van der Waals surface area contributed by atoms with Gasteiger partial charge in [0.05, 0.1) is 40.9 Å². The highest BCUT2D eigenvalue weighted by Gasteiger charge is 2.24. The zero-order chi connectivity index (χ0) is 29.0. The molecule has 0 heterocycles. The molecular formula is C27H23N3O10. The van der Waals surface area contributed by atoms with Gasteiger partial charge in [-0.2, -0.15) is 0 Å². The molecule has 0 unspecified atom stereocenters. The zero-order valence-corrected chi connectivity index (χ0v) is 21.7. The molecule has 0 fully saturated rings. The second kappa shape index (κ2) is 11.6. The number of benzene rings is 3. The number of hydrogen-bond donors (Lipinski definition) is 0. The lowest BCUT2D eigenvalue weighted by Gasteiger charge is -2.20. The number of methoxy groups -OCH3 is 2. The van der Waals surface area contributed by atoms with E-state index in [4.69, 9.17) is 19.0 Å². The molecule has 1 aliphatic carbocycles. The van der Waals surface area contributed by atoms with Gasteiger partial charge in [-0.15, -0.1) is 0 Å². The number of rotatable bonds is 8. The highest BCUT2D eigenvalue weighted by Crippen LogP contribution is 2.32. The van der Waals surface area contributed by atoms with Crippen LogP contribution in [0.15, 0.2) is 53.7 Å². The van der Waals surface area contributed by atoms with Crippen LogP contribution in [0.5, 0.6) is 17.2 Å². The predicted octanol–water partition coefficient (Wildman–Crippen LogP) is 4.95. The van der Waals surface area contributed by atoms with E-state index in [2.05, 4.69) is 5.16 Å². The Morgan fingerprint density at radius 2 is 1.38 bits per heavy atom. The molecule has 13 nitrogen and oxygen atoms in total. The van der Waals surface area contributed by atoms with Crippen LogP contribution < -0.4 is 14.2 Å². The van der Waals surface area contributed by atoms with Gasteiger partial charge in [-0.3, -0.25) is 20.2 Å². The lowest BCUT2D eigenvalue weighted by molar-refractivity contribution is -0.385. The highest BCUT2D eigenvalue weighted by atomic mass is 16.7. The molecule has 0 saturated heterocycles. The van der Waals surface area contributed by atoms with Crippen molar-refractivity contribution < 1.29 is 38.5 Å². The molecule has 3 aromatic carbocycles. The first-order chi connectivity index (χ1) is 19.1. The van der Waals surface area contributed by atoms with Crippen LogP contribution in [0.1, 0.15) is 50.2 Å². The summed E-state index contributed by atoms with van der Waals surface area (Å²) >= 11 is 0. The molecule has 3 aromatic rings. The highest BCUT2D eigenvalue weighted by molar-refractivity contribution is 6.03. The van der Waals surface area contributed by atoms with E-state index in [-0.39, 0.29) is 39.8 Å². The fraction of sp³-hybridized carbons (Fsp3) is 0.222.